The number of hydrogen-bond acceptors (Lipinski definition) is 5. The minimum Gasteiger partial charge on any atom is -0.490 e. The number of carbonyl (C=O) groups is 1. The Kier molecular flexibility index (Phi) is 6.37. The summed E-state index contributed by atoms with van der Waals surface area (Å²) in [5.41, 5.74) is 0.521. The zero-order valence-electron chi connectivity index (χ0n) is 16.4. The average molecular weight is 397 g/mol. The first-order valence-corrected chi connectivity index (χ1v) is 9.96. The summed E-state index contributed by atoms with van der Waals surface area (Å²) < 4.78 is 17.0. The van der Waals surface area contributed by atoms with Crippen LogP contribution in [0, 0.1) is 0 Å². The molecule has 0 radical (unpaired) electrons. The molecule has 0 spiro atoms. The number of benzene rings is 1. The fraction of sp³-hybridized carbons (Fsp3) is 0.650. The molecule has 0 unspecified atom stereocenters. The van der Waals surface area contributed by atoms with Gasteiger partial charge in [-0.25, -0.2) is 4.79 Å². The van der Waals surface area contributed by atoms with E-state index >= 15 is 0 Å². The van der Waals surface area contributed by atoms with Crippen LogP contribution < -0.4 is 9.64 Å². The average Bonchev–Trinajstić information content (AvgIpc) is 2.63. The summed E-state index contributed by atoms with van der Waals surface area (Å²) in [5, 5.41) is 0.726. The zero-order chi connectivity index (χ0) is 19.4. The first-order valence-electron chi connectivity index (χ1n) is 9.59. The minimum absolute atomic E-state index is 0.0856. The zero-order valence-corrected chi connectivity index (χ0v) is 17.1. The second kappa shape index (κ2) is 8.57. The quantitative estimate of drug-likeness (QED) is 0.774. The Balaban J connectivity index is 1.55. The van der Waals surface area contributed by atoms with Gasteiger partial charge in [-0.3, -0.25) is 0 Å². The molecular weight excluding hydrogens is 368 g/mol. The number of likely N-dealkylation sites (tertiary alicyclic amines) is 1. The number of anilines is 1. The van der Waals surface area contributed by atoms with Gasteiger partial charge in [0.25, 0.3) is 0 Å². The van der Waals surface area contributed by atoms with E-state index in [1.54, 1.807) is 4.90 Å². The lowest BCUT2D eigenvalue weighted by molar-refractivity contribution is 0.0126. The number of nitrogens with zero attached hydrogens (tertiary/aromatic N) is 2. The molecule has 0 aliphatic carbocycles. The van der Waals surface area contributed by atoms with Crippen LogP contribution in [0.3, 0.4) is 0 Å². The largest absolute Gasteiger partial charge is 0.490 e. The molecule has 1 amide bonds. The predicted octanol–water partition coefficient (Wildman–Crippen LogP) is 3.95. The van der Waals surface area contributed by atoms with Crippen molar-refractivity contribution < 1.29 is 19.0 Å². The van der Waals surface area contributed by atoms with E-state index in [1.807, 2.05) is 39.0 Å². The molecule has 1 aromatic carbocycles. The molecule has 0 bridgehead atoms. The molecule has 0 aromatic heterocycles. The Bertz CT molecular complexity index is 648. The smallest absolute Gasteiger partial charge is 0.410 e. The molecule has 0 atom stereocenters. The summed E-state index contributed by atoms with van der Waals surface area (Å²) in [6.07, 6.45) is 1.41. The highest BCUT2D eigenvalue weighted by molar-refractivity contribution is 6.33. The van der Waals surface area contributed by atoms with E-state index in [0.29, 0.717) is 26.3 Å². The lowest BCUT2D eigenvalue weighted by Gasteiger charge is -2.34. The maximum atomic E-state index is 12.2. The van der Waals surface area contributed by atoms with Gasteiger partial charge >= 0.3 is 6.09 Å². The molecule has 6 nitrogen and oxygen atoms in total. The number of carbonyl (C=O) groups excluding carboxylic acids is 1. The molecule has 27 heavy (non-hydrogen) atoms. The van der Waals surface area contributed by atoms with Crippen molar-refractivity contribution in [1.82, 2.24) is 4.90 Å². The molecule has 7 heteroatoms. The molecule has 0 N–H and O–H groups in total. The highest BCUT2D eigenvalue weighted by atomic mass is 35.5. The van der Waals surface area contributed by atoms with Crippen molar-refractivity contribution in [2.24, 2.45) is 0 Å². The van der Waals surface area contributed by atoms with Crippen molar-refractivity contribution >= 4 is 23.4 Å². The molecule has 2 aliphatic rings. The normalized spacial score (nSPS) is 19.1. The third kappa shape index (κ3) is 5.66. The van der Waals surface area contributed by atoms with E-state index in [4.69, 9.17) is 25.8 Å². The highest BCUT2D eigenvalue weighted by Gasteiger charge is 2.28. The summed E-state index contributed by atoms with van der Waals surface area (Å²) in [5.74, 6) is 0.816. The number of hydrogen-bond donors (Lipinski definition) is 0. The van der Waals surface area contributed by atoms with Gasteiger partial charge < -0.3 is 24.0 Å². The summed E-state index contributed by atoms with van der Waals surface area (Å²) >= 11 is 6.38. The van der Waals surface area contributed by atoms with Crippen LogP contribution in [0.1, 0.15) is 33.6 Å². The molecule has 2 fully saturated rings. The SMILES string of the molecule is CC(C)(C)OC(=O)N1CCC(Oc2ccc(Cl)c(N3CCOCC3)c2)CC1. The second-order valence-corrected chi connectivity index (χ2v) is 8.40. The van der Waals surface area contributed by atoms with Gasteiger partial charge in [-0.2, -0.15) is 0 Å². The summed E-state index contributed by atoms with van der Waals surface area (Å²) in [4.78, 5) is 16.2. The van der Waals surface area contributed by atoms with Crippen molar-refractivity contribution in [3.8, 4) is 5.75 Å². The van der Waals surface area contributed by atoms with Crippen LogP contribution in [0.5, 0.6) is 5.75 Å². The predicted molar refractivity (Wildman–Crippen MR) is 106 cm³/mol. The van der Waals surface area contributed by atoms with E-state index in [2.05, 4.69) is 4.90 Å². The molecule has 2 saturated heterocycles. The third-order valence-electron chi connectivity index (χ3n) is 4.67. The van der Waals surface area contributed by atoms with E-state index in [-0.39, 0.29) is 12.2 Å². The molecule has 3 rings (SSSR count). The van der Waals surface area contributed by atoms with Crippen LogP contribution in [-0.2, 0) is 9.47 Å². The summed E-state index contributed by atoms with van der Waals surface area (Å²) in [6.45, 7) is 10.0. The van der Waals surface area contributed by atoms with E-state index in [0.717, 1.165) is 42.4 Å². The van der Waals surface area contributed by atoms with E-state index in [9.17, 15) is 4.79 Å². The van der Waals surface area contributed by atoms with Crippen LogP contribution >= 0.6 is 11.6 Å². The molecule has 0 saturated carbocycles. The van der Waals surface area contributed by atoms with Gasteiger partial charge in [0, 0.05) is 45.1 Å². The molecular formula is C20H29ClN2O4. The van der Waals surface area contributed by atoms with Gasteiger partial charge in [0.2, 0.25) is 0 Å². The maximum absolute atomic E-state index is 12.2. The van der Waals surface area contributed by atoms with Gasteiger partial charge in [0.15, 0.2) is 0 Å². The fourth-order valence-corrected chi connectivity index (χ4v) is 3.52. The maximum Gasteiger partial charge on any atom is 0.410 e. The minimum atomic E-state index is -0.469. The van der Waals surface area contributed by atoms with Gasteiger partial charge in [-0.15, -0.1) is 0 Å². The summed E-state index contributed by atoms with van der Waals surface area (Å²) in [6, 6.07) is 5.80. The van der Waals surface area contributed by atoms with E-state index < -0.39 is 5.60 Å². The van der Waals surface area contributed by atoms with Gasteiger partial charge in [0.1, 0.15) is 17.5 Å². The Morgan fingerprint density at radius 2 is 1.81 bits per heavy atom. The Labute approximate surface area is 166 Å². The van der Waals surface area contributed by atoms with Crippen LogP contribution in [0.4, 0.5) is 10.5 Å². The number of rotatable bonds is 3. The highest BCUT2D eigenvalue weighted by Crippen LogP contribution is 2.32. The standard InChI is InChI=1S/C20H29ClN2O4/c1-20(2,3)27-19(24)23-8-6-15(7-9-23)26-16-4-5-17(21)18(14-16)22-10-12-25-13-11-22/h4-5,14-15H,6-13H2,1-3H3. The summed E-state index contributed by atoms with van der Waals surface area (Å²) in [7, 11) is 0. The molecule has 2 heterocycles. The number of piperidine rings is 1. The van der Waals surface area contributed by atoms with Crippen LogP contribution in [-0.4, -0.2) is 62.1 Å². The molecule has 1 aromatic rings. The first kappa shape index (κ1) is 20.1. The molecule has 2 aliphatic heterocycles. The van der Waals surface area contributed by atoms with Crippen molar-refractivity contribution in [3.05, 3.63) is 23.2 Å². The third-order valence-corrected chi connectivity index (χ3v) is 4.99. The van der Waals surface area contributed by atoms with Gasteiger partial charge in [0.05, 0.1) is 23.9 Å². The number of ether oxygens (including phenoxy) is 3. The van der Waals surface area contributed by atoms with Gasteiger partial charge in [-0.1, -0.05) is 11.6 Å². The van der Waals surface area contributed by atoms with Crippen molar-refractivity contribution in [2.45, 2.75) is 45.3 Å². The number of morpholine rings is 1. The van der Waals surface area contributed by atoms with Crippen LogP contribution in [0.2, 0.25) is 5.02 Å². The number of amides is 1. The Hall–Kier alpha value is -1.66. The van der Waals surface area contributed by atoms with Crippen LogP contribution in [0.15, 0.2) is 18.2 Å². The lowest BCUT2D eigenvalue weighted by Crippen LogP contribution is -2.44. The fourth-order valence-electron chi connectivity index (χ4n) is 3.29. The second-order valence-electron chi connectivity index (χ2n) is 8.00. The number of halogens is 1. The van der Waals surface area contributed by atoms with Gasteiger partial charge in [-0.05, 0) is 32.9 Å². The van der Waals surface area contributed by atoms with E-state index in [1.165, 1.54) is 0 Å². The Morgan fingerprint density at radius 3 is 2.44 bits per heavy atom. The van der Waals surface area contributed by atoms with Crippen molar-refractivity contribution in [1.29, 1.82) is 0 Å². The van der Waals surface area contributed by atoms with Crippen LogP contribution in [0.25, 0.3) is 0 Å². The van der Waals surface area contributed by atoms with Crippen molar-refractivity contribution in [3.63, 3.8) is 0 Å². The molecule has 150 valence electrons. The lowest BCUT2D eigenvalue weighted by atomic mass is 10.1. The van der Waals surface area contributed by atoms with Crippen molar-refractivity contribution in [2.75, 3.05) is 44.3 Å². The first-order chi connectivity index (χ1) is 12.8. The Morgan fingerprint density at radius 1 is 1.15 bits per heavy atom. The monoisotopic (exact) mass is 396 g/mol. The topological polar surface area (TPSA) is 51.2 Å².